The second kappa shape index (κ2) is 3.16. The van der Waals surface area contributed by atoms with Crippen molar-refractivity contribution in [2.75, 3.05) is 11.2 Å². The van der Waals surface area contributed by atoms with Crippen LogP contribution >= 0.6 is 11.3 Å². The molecular weight excluding hydrogens is 214 g/mol. The highest BCUT2D eigenvalue weighted by molar-refractivity contribution is 7.18. The minimum Gasteiger partial charge on any atom is -0.477 e. The predicted molar refractivity (Wildman–Crippen MR) is 60.7 cm³/mol. The first-order chi connectivity index (χ1) is 7.02. The topological polar surface area (TPSA) is 87.4 Å². The van der Waals surface area contributed by atoms with Gasteiger partial charge in [-0.15, -0.1) is 11.3 Å². The van der Waals surface area contributed by atoms with Crippen molar-refractivity contribution in [1.29, 1.82) is 0 Å². The van der Waals surface area contributed by atoms with Gasteiger partial charge in [-0.3, -0.25) is 5.43 Å². The Balaban J connectivity index is 2.66. The van der Waals surface area contributed by atoms with Crippen LogP contribution in [-0.2, 0) is 0 Å². The third-order valence-corrected chi connectivity index (χ3v) is 3.55. The van der Waals surface area contributed by atoms with Crippen molar-refractivity contribution in [2.24, 2.45) is 0 Å². The molecule has 2 heterocycles. The van der Waals surface area contributed by atoms with Crippen molar-refractivity contribution >= 4 is 33.6 Å². The fraction of sp³-hybridized carbons (Fsp3) is 0.222. The number of nitrogen functional groups attached to an aromatic ring is 1. The molecule has 0 amide bonds. The first-order valence-electron chi connectivity index (χ1n) is 4.37. The number of nitrogens with two attached hydrogens (primary N) is 1. The minimum absolute atomic E-state index is 0.184. The second-order valence-electron chi connectivity index (χ2n) is 3.35. The van der Waals surface area contributed by atoms with Crippen LogP contribution in [0.15, 0.2) is 5.70 Å². The van der Waals surface area contributed by atoms with Crippen molar-refractivity contribution in [1.82, 2.24) is 5.43 Å². The van der Waals surface area contributed by atoms with Gasteiger partial charge in [0, 0.05) is 11.3 Å². The smallest absolute Gasteiger partial charge is 0.348 e. The SMILES string of the molecule is CC1=C(C)c2c(sc(C(=O)O)c2N)NN1. The van der Waals surface area contributed by atoms with E-state index in [9.17, 15) is 4.79 Å². The Bertz CT molecular complexity index is 476. The van der Waals surface area contributed by atoms with Crippen LogP contribution < -0.4 is 16.6 Å². The molecule has 0 atom stereocenters. The summed E-state index contributed by atoms with van der Waals surface area (Å²) in [6.45, 7) is 3.82. The minimum atomic E-state index is -0.987. The summed E-state index contributed by atoms with van der Waals surface area (Å²) in [5.74, 6) is -0.987. The Morgan fingerprint density at radius 1 is 1.40 bits per heavy atom. The lowest BCUT2D eigenvalue weighted by Crippen LogP contribution is -2.23. The highest BCUT2D eigenvalue weighted by atomic mass is 32.1. The monoisotopic (exact) mass is 225 g/mol. The zero-order valence-corrected chi connectivity index (χ0v) is 9.16. The molecule has 80 valence electrons. The highest BCUT2D eigenvalue weighted by Crippen LogP contribution is 2.42. The van der Waals surface area contributed by atoms with Gasteiger partial charge in [-0.1, -0.05) is 0 Å². The molecule has 1 aromatic heterocycles. The summed E-state index contributed by atoms with van der Waals surface area (Å²) in [7, 11) is 0. The van der Waals surface area contributed by atoms with Crippen LogP contribution in [-0.4, -0.2) is 11.1 Å². The van der Waals surface area contributed by atoms with Gasteiger partial charge in [-0.05, 0) is 19.4 Å². The number of hydrogen-bond acceptors (Lipinski definition) is 5. The van der Waals surface area contributed by atoms with Crippen molar-refractivity contribution in [3.05, 3.63) is 16.1 Å². The van der Waals surface area contributed by atoms with Gasteiger partial charge < -0.3 is 16.3 Å². The summed E-state index contributed by atoms with van der Waals surface area (Å²) in [6.07, 6.45) is 0. The predicted octanol–water partition coefficient (Wildman–Crippen LogP) is 1.71. The zero-order chi connectivity index (χ0) is 11.2. The lowest BCUT2D eigenvalue weighted by Gasteiger charge is -2.19. The standard InChI is InChI=1S/C9H11N3O2S/c1-3-4(2)11-12-8-5(3)6(10)7(15-8)9(13)14/h11-12H,10H2,1-2H3,(H,13,14). The van der Waals surface area contributed by atoms with Crippen molar-refractivity contribution in [2.45, 2.75) is 13.8 Å². The van der Waals surface area contributed by atoms with E-state index in [1.165, 1.54) is 0 Å². The maximum Gasteiger partial charge on any atom is 0.348 e. The maximum absolute atomic E-state index is 10.9. The van der Waals surface area contributed by atoms with Gasteiger partial charge in [0.25, 0.3) is 0 Å². The van der Waals surface area contributed by atoms with Gasteiger partial charge in [0.1, 0.15) is 9.88 Å². The number of thiophene rings is 1. The molecule has 0 radical (unpaired) electrons. The van der Waals surface area contributed by atoms with Crippen molar-refractivity contribution < 1.29 is 9.90 Å². The number of carboxylic acid groups (broad SMARTS) is 1. The van der Waals surface area contributed by atoms with E-state index in [1.807, 2.05) is 13.8 Å². The van der Waals surface area contributed by atoms with Gasteiger partial charge >= 0.3 is 5.97 Å². The fourth-order valence-electron chi connectivity index (χ4n) is 1.49. The molecule has 0 saturated heterocycles. The van der Waals surface area contributed by atoms with Gasteiger partial charge in [0.15, 0.2) is 0 Å². The molecule has 5 nitrogen and oxygen atoms in total. The Labute approximate surface area is 90.6 Å². The summed E-state index contributed by atoms with van der Waals surface area (Å²) in [5, 5.41) is 9.69. The van der Waals surface area contributed by atoms with Gasteiger partial charge in [0.05, 0.1) is 5.69 Å². The molecule has 0 aromatic carbocycles. The molecule has 6 heteroatoms. The third-order valence-electron chi connectivity index (χ3n) is 2.44. The van der Waals surface area contributed by atoms with Gasteiger partial charge in [0.2, 0.25) is 0 Å². The number of carboxylic acids is 1. The van der Waals surface area contributed by atoms with E-state index in [0.29, 0.717) is 5.69 Å². The normalized spacial score (nSPS) is 14.3. The Morgan fingerprint density at radius 3 is 2.67 bits per heavy atom. The summed E-state index contributed by atoms with van der Waals surface area (Å²) >= 11 is 1.14. The quantitative estimate of drug-likeness (QED) is 0.584. The number of rotatable bonds is 1. The lowest BCUT2D eigenvalue weighted by atomic mass is 10.1. The molecule has 15 heavy (non-hydrogen) atoms. The molecule has 1 aromatic rings. The molecule has 0 unspecified atom stereocenters. The average Bonchev–Trinajstić information content (AvgIpc) is 2.50. The number of carbonyl (C=O) groups is 1. The fourth-order valence-corrected chi connectivity index (χ4v) is 2.47. The van der Waals surface area contributed by atoms with E-state index in [4.69, 9.17) is 10.8 Å². The number of allylic oxidation sites excluding steroid dienone is 2. The molecule has 0 bridgehead atoms. The Kier molecular flexibility index (Phi) is 2.08. The summed E-state index contributed by atoms with van der Waals surface area (Å²) in [5.41, 5.74) is 14.8. The van der Waals surface area contributed by atoms with Crippen LogP contribution in [0, 0.1) is 0 Å². The highest BCUT2D eigenvalue weighted by Gasteiger charge is 2.24. The lowest BCUT2D eigenvalue weighted by molar-refractivity contribution is 0.0703. The van der Waals surface area contributed by atoms with Gasteiger partial charge in [-0.25, -0.2) is 4.79 Å². The molecule has 2 rings (SSSR count). The number of hydrazine groups is 1. The molecule has 0 spiro atoms. The van der Waals surface area contributed by atoms with E-state index in [-0.39, 0.29) is 4.88 Å². The van der Waals surface area contributed by atoms with Crippen LogP contribution in [0.25, 0.3) is 5.57 Å². The van der Waals surface area contributed by atoms with E-state index >= 15 is 0 Å². The molecule has 0 fully saturated rings. The number of fused-ring (bicyclic) bond motifs is 1. The maximum atomic E-state index is 10.9. The van der Waals surface area contributed by atoms with Crippen LogP contribution in [0.1, 0.15) is 29.1 Å². The first-order valence-corrected chi connectivity index (χ1v) is 5.19. The Morgan fingerprint density at radius 2 is 2.07 bits per heavy atom. The van der Waals surface area contributed by atoms with Gasteiger partial charge in [-0.2, -0.15) is 0 Å². The van der Waals surface area contributed by atoms with Crippen LogP contribution in [0.3, 0.4) is 0 Å². The number of aromatic carboxylic acids is 1. The molecular formula is C9H11N3O2S. The Hall–Kier alpha value is -1.69. The van der Waals surface area contributed by atoms with E-state index in [0.717, 1.165) is 33.2 Å². The molecule has 1 aliphatic rings. The second-order valence-corrected chi connectivity index (χ2v) is 4.37. The van der Waals surface area contributed by atoms with E-state index in [2.05, 4.69) is 10.9 Å². The van der Waals surface area contributed by atoms with Crippen LogP contribution in [0.5, 0.6) is 0 Å². The molecule has 1 aliphatic heterocycles. The summed E-state index contributed by atoms with van der Waals surface area (Å²) in [4.78, 5) is 11.1. The molecule has 5 N–H and O–H groups in total. The van der Waals surface area contributed by atoms with E-state index < -0.39 is 5.97 Å². The number of anilines is 2. The van der Waals surface area contributed by atoms with Crippen molar-refractivity contribution in [3.63, 3.8) is 0 Å². The number of hydrogen-bond donors (Lipinski definition) is 4. The zero-order valence-electron chi connectivity index (χ0n) is 8.34. The van der Waals surface area contributed by atoms with Crippen molar-refractivity contribution in [3.8, 4) is 0 Å². The average molecular weight is 225 g/mol. The molecule has 0 aliphatic carbocycles. The van der Waals surface area contributed by atoms with E-state index in [1.54, 1.807) is 0 Å². The van der Waals surface area contributed by atoms with Crippen LogP contribution in [0.2, 0.25) is 0 Å². The largest absolute Gasteiger partial charge is 0.477 e. The summed E-state index contributed by atoms with van der Waals surface area (Å²) in [6, 6.07) is 0. The third kappa shape index (κ3) is 1.33. The first kappa shape index (κ1) is 9.85. The summed E-state index contributed by atoms with van der Waals surface area (Å²) < 4.78 is 0. The van der Waals surface area contributed by atoms with Crippen LogP contribution in [0.4, 0.5) is 10.7 Å². The number of nitrogens with one attached hydrogen (secondary N) is 2. The molecule has 0 saturated carbocycles.